The van der Waals surface area contributed by atoms with Gasteiger partial charge in [0.15, 0.2) is 0 Å². The van der Waals surface area contributed by atoms with E-state index in [0.717, 1.165) is 16.2 Å². The number of nitrogens with one attached hydrogen (secondary N) is 2. The van der Waals surface area contributed by atoms with Crippen LogP contribution in [0.1, 0.15) is 41.0 Å². The van der Waals surface area contributed by atoms with Gasteiger partial charge < -0.3 is 20.1 Å². The summed E-state index contributed by atoms with van der Waals surface area (Å²) in [7, 11) is 1.27. The van der Waals surface area contributed by atoms with Crippen LogP contribution in [0.5, 0.6) is 0 Å². The molecule has 0 bridgehead atoms. The number of ether oxygens (including phenoxy) is 2. The molecule has 0 saturated heterocycles. The Bertz CT molecular complexity index is 992. The molecule has 2 rings (SSSR count). The molecular formula is C26H35N3O5S. The lowest BCUT2D eigenvalue weighted by atomic mass is 10.0. The maximum absolute atomic E-state index is 13.1. The fraction of sp³-hybridized carbons (Fsp3) is 0.462. The first-order chi connectivity index (χ1) is 16.5. The third-order valence-electron chi connectivity index (χ3n) is 4.73. The van der Waals surface area contributed by atoms with Crippen molar-refractivity contribution >= 4 is 29.7 Å². The molecule has 0 aliphatic rings. The van der Waals surface area contributed by atoms with Crippen LogP contribution >= 0.6 is 11.8 Å². The molecule has 1 aromatic heterocycles. The second kappa shape index (κ2) is 13.1. The molecule has 0 radical (unpaired) electrons. The summed E-state index contributed by atoms with van der Waals surface area (Å²) in [5.41, 5.74) is 1.10. The molecule has 1 aromatic carbocycles. The first-order valence-corrected chi connectivity index (χ1v) is 12.5. The van der Waals surface area contributed by atoms with Crippen LogP contribution in [0.15, 0.2) is 53.6 Å². The van der Waals surface area contributed by atoms with Crippen molar-refractivity contribution < 1.29 is 23.9 Å². The van der Waals surface area contributed by atoms with E-state index in [1.807, 2.05) is 56.3 Å². The van der Waals surface area contributed by atoms with Crippen LogP contribution < -0.4 is 10.6 Å². The number of methoxy groups -OCH3 is 1. The number of pyridine rings is 1. The molecule has 2 aromatic rings. The van der Waals surface area contributed by atoms with E-state index in [1.165, 1.54) is 18.9 Å². The molecule has 2 atom stereocenters. The van der Waals surface area contributed by atoms with Gasteiger partial charge in [-0.1, -0.05) is 44.2 Å². The van der Waals surface area contributed by atoms with E-state index >= 15 is 0 Å². The van der Waals surface area contributed by atoms with Gasteiger partial charge in [0, 0.05) is 22.4 Å². The third kappa shape index (κ3) is 9.98. The standard InChI is InChI=1S/C26H35N3O5S/c1-17(2)14-21(29-25(32)34-26(3,4)5)23(30)28-22(24(31)33-6)16-35-19-12-13-27-20(15-19)18-10-8-7-9-11-18/h7-13,15,17,21-22H,14,16H2,1-6H3,(H,28,30)(H,29,32). The Kier molecular flexibility index (Phi) is 10.6. The summed E-state index contributed by atoms with van der Waals surface area (Å²) in [6.07, 6.45) is 1.41. The highest BCUT2D eigenvalue weighted by molar-refractivity contribution is 7.99. The zero-order valence-corrected chi connectivity index (χ0v) is 22.0. The SMILES string of the molecule is COC(=O)C(CSc1ccnc(-c2ccccc2)c1)NC(=O)C(CC(C)C)NC(=O)OC(C)(C)C. The molecule has 2 amide bonds. The second-order valence-corrected chi connectivity index (χ2v) is 10.6. The fourth-order valence-corrected chi connectivity index (χ4v) is 4.11. The topological polar surface area (TPSA) is 107 Å². The van der Waals surface area contributed by atoms with Gasteiger partial charge in [0.1, 0.15) is 17.7 Å². The first-order valence-electron chi connectivity index (χ1n) is 11.5. The van der Waals surface area contributed by atoms with Crippen LogP contribution in [-0.2, 0) is 19.1 Å². The first kappa shape index (κ1) is 28.2. The molecular weight excluding hydrogens is 466 g/mol. The van der Waals surface area contributed by atoms with Gasteiger partial charge in [-0.15, -0.1) is 11.8 Å². The van der Waals surface area contributed by atoms with Gasteiger partial charge in [-0.05, 0) is 45.2 Å². The maximum atomic E-state index is 13.1. The van der Waals surface area contributed by atoms with Crippen LogP contribution in [0.25, 0.3) is 11.3 Å². The Morgan fingerprint density at radius 1 is 1.03 bits per heavy atom. The number of thioether (sulfide) groups is 1. The number of amides is 2. The summed E-state index contributed by atoms with van der Waals surface area (Å²) >= 11 is 1.40. The van der Waals surface area contributed by atoms with Gasteiger partial charge in [0.2, 0.25) is 5.91 Å². The lowest BCUT2D eigenvalue weighted by molar-refractivity contribution is -0.144. The monoisotopic (exact) mass is 501 g/mol. The predicted octanol–water partition coefficient (Wildman–Crippen LogP) is 4.44. The van der Waals surface area contributed by atoms with E-state index in [0.29, 0.717) is 6.42 Å². The second-order valence-electron chi connectivity index (χ2n) is 9.47. The average Bonchev–Trinajstić information content (AvgIpc) is 2.80. The minimum atomic E-state index is -0.902. The van der Waals surface area contributed by atoms with Gasteiger partial charge in [-0.3, -0.25) is 9.78 Å². The zero-order chi connectivity index (χ0) is 26.0. The van der Waals surface area contributed by atoms with Gasteiger partial charge in [-0.25, -0.2) is 9.59 Å². The van der Waals surface area contributed by atoms with Crippen molar-refractivity contribution in [1.29, 1.82) is 0 Å². The van der Waals surface area contributed by atoms with Crippen LogP contribution in [0.4, 0.5) is 4.79 Å². The van der Waals surface area contributed by atoms with Crippen molar-refractivity contribution in [3.63, 3.8) is 0 Å². The number of hydrogen-bond donors (Lipinski definition) is 2. The van der Waals surface area contributed by atoms with Gasteiger partial charge in [0.05, 0.1) is 12.8 Å². The molecule has 0 aliphatic carbocycles. The Labute approximate surface area is 211 Å². The third-order valence-corrected chi connectivity index (χ3v) is 5.82. The van der Waals surface area contributed by atoms with Crippen molar-refractivity contribution in [3.8, 4) is 11.3 Å². The molecule has 1 heterocycles. The number of carbonyl (C=O) groups is 3. The molecule has 8 nitrogen and oxygen atoms in total. The summed E-state index contributed by atoms with van der Waals surface area (Å²) in [6.45, 7) is 9.13. The summed E-state index contributed by atoms with van der Waals surface area (Å²) in [4.78, 5) is 43.1. The molecule has 190 valence electrons. The van der Waals surface area contributed by atoms with E-state index in [-0.39, 0.29) is 11.7 Å². The minimum Gasteiger partial charge on any atom is -0.467 e. The van der Waals surface area contributed by atoms with Crippen LogP contribution in [0.2, 0.25) is 0 Å². The molecule has 2 unspecified atom stereocenters. The molecule has 0 saturated carbocycles. The Hall–Kier alpha value is -3.07. The van der Waals surface area contributed by atoms with E-state index in [2.05, 4.69) is 15.6 Å². The fourth-order valence-electron chi connectivity index (χ4n) is 3.18. The molecule has 9 heteroatoms. The molecule has 35 heavy (non-hydrogen) atoms. The van der Waals surface area contributed by atoms with E-state index in [9.17, 15) is 14.4 Å². The van der Waals surface area contributed by atoms with E-state index in [1.54, 1.807) is 27.0 Å². The maximum Gasteiger partial charge on any atom is 0.408 e. The molecule has 0 aliphatic heterocycles. The van der Waals surface area contributed by atoms with Crippen molar-refractivity contribution in [1.82, 2.24) is 15.6 Å². The summed E-state index contributed by atoms with van der Waals surface area (Å²) in [5, 5.41) is 5.36. The van der Waals surface area contributed by atoms with Crippen molar-refractivity contribution in [2.24, 2.45) is 5.92 Å². The highest BCUT2D eigenvalue weighted by Crippen LogP contribution is 2.24. The van der Waals surface area contributed by atoms with Crippen LogP contribution in [0, 0.1) is 5.92 Å². The average molecular weight is 502 g/mol. The van der Waals surface area contributed by atoms with Crippen molar-refractivity contribution in [2.75, 3.05) is 12.9 Å². The number of aromatic nitrogens is 1. The van der Waals surface area contributed by atoms with Gasteiger partial charge >= 0.3 is 12.1 Å². The minimum absolute atomic E-state index is 0.125. The molecule has 2 N–H and O–H groups in total. The van der Waals surface area contributed by atoms with Crippen LogP contribution in [0.3, 0.4) is 0 Å². The Morgan fingerprint density at radius 2 is 1.71 bits per heavy atom. The van der Waals surface area contributed by atoms with Gasteiger partial charge in [0.25, 0.3) is 0 Å². The van der Waals surface area contributed by atoms with Crippen molar-refractivity contribution in [3.05, 3.63) is 48.7 Å². The Balaban J connectivity index is 2.10. The number of esters is 1. The molecule has 0 spiro atoms. The van der Waals surface area contributed by atoms with Gasteiger partial charge in [-0.2, -0.15) is 0 Å². The van der Waals surface area contributed by atoms with Crippen LogP contribution in [-0.4, -0.2) is 53.5 Å². The number of benzene rings is 1. The van der Waals surface area contributed by atoms with Crippen molar-refractivity contribution in [2.45, 2.75) is 63.6 Å². The number of rotatable bonds is 10. The summed E-state index contributed by atoms with van der Waals surface area (Å²) in [5.74, 6) is -0.666. The highest BCUT2D eigenvalue weighted by Gasteiger charge is 2.29. The highest BCUT2D eigenvalue weighted by atomic mass is 32.2. The predicted molar refractivity (Wildman–Crippen MR) is 137 cm³/mol. The summed E-state index contributed by atoms with van der Waals surface area (Å²) in [6, 6.07) is 11.8. The van der Waals surface area contributed by atoms with E-state index < -0.39 is 35.7 Å². The number of alkyl carbamates (subject to hydrolysis) is 1. The quantitative estimate of drug-likeness (QED) is 0.366. The Morgan fingerprint density at radius 3 is 2.31 bits per heavy atom. The lowest BCUT2D eigenvalue weighted by Gasteiger charge is -2.25. The number of nitrogens with zero attached hydrogens (tertiary/aromatic N) is 1. The largest absolute Gasteiger partial charge is 0.467 e. The lowest BCUT2D eigenvalue weighted by Crippen LogP contribution is -2.53. The molecule has 0 fully saturated rings. The number of hydrogen-bond acceptors (Lipinski definition) is 7. The summed E-state index contributed by atoms with van der Waals surface area (Å²) < 4.78 is 10.2. The zero-order valence-electron chi connectivity index (χ0n) is 21.2. The van der Waals surface area contributed by atoms with E-state index in [4.69, 9.17) is 9.47 Å². The normalized spacial score (nSPS) is 13.0. The number of carbonyl (C=O) groups excluding carboxylic acids is 3. The smallest absolute Gasteiger partial charge is 0.408 e.